The molecule has 1 aromatic rings. The largest absolute Gasteiger partial charge is 0.107 e. The highest BCUT2D eigenvalue weighted by atomic mass is 13.6. The molecule has 110 valence electrons. The van der Waals surface area contributed by atoms with Crippen molar-refractivity contribution in [1.29, 1.82) is 0 Å². The van der Waals surface area contributed by atoms with Crippen molar-refractivity contribution in [3.05, 3.63) is 36.4 Å². The van der Waals surface area contributed by atoms with Gasteiger partial charge >= 0.3 is 0 Å². The van der Waals surface area contributed by atoms with Crippen LogP contribution in [0, 0.1) is 23.7 Å². The highest BCUT2D eigenvalue weighted by Gasteiger charge is 1.57. The van der Waals surface area contributed by atoms with E-state index in [2.05, 4.69) is 23.7 Å². The summed E-state index contributed by atoms with van der Waals surface area (Å²) in [5.41, 5.74) is 0. The van der Waals surface area contributed by atoms with Crippen LogP contribution in [-0.2, 0) is 0 Å². The van der Waals surface area contributed by atoms with Crippen molar-refractivity contribution < 1.29 is 0 Å². The van der Waals surface area contributed by atoms with Gasteiger partial charge in [0.05, 0.1) is 0 Å². The molecule has 19 heavy (non-hydrogen) atoms. The van der Waals surface area contributed by atoms with Crippen molar-refractivity contribution in [2.45, 2.75) is 62.8 Å². The third kappa shape index (κ3) is 83.6. The zero-order valence-corrected chi connectivity index (χ0v) is 13.5. The van der Waals surface area contributed by atoms with Gasteiger partial charge in [0, 0.05) is 0 Å². The first-order chi connectivity index (χ1) is 8.83. The lowest BCUT2D eigenvalue weighted by Crippen LogP contribution is -1.47. The van der Waals surface area contributed by atoms with Crippen molar-refractivity contribution in [3.63, 3.8) is 0 Å². The van der Waals surface area contributed by atoms with Gasteiger partial charge in [0.1, 0.15) is 0 Å². The van der Waals surface area contributed by atoms with Crippen LogP contribution in [0.1, 0.15) is 62.8 Å². The highest BCUT2D eigenvalue weighted by Crippen LogP contribution is 1.79. The molecule has 0 atom stereocenters. The lowest BCUT2D eigenvalue weighted by molar-refractivity contribution is 1.50. The Morgan fingerprint density at radius 1 is 0.421 bits per heavy atom. The van der Waals surface area contributed by atoms with E-state index in [1.807, 2.05) is 91.8 Å². The quantitative estimate of drug-likeness (QED) is 0.472. The second-order valence-electron chi connectivity index (χ2n) is 2.15. The van der Waals surface area contributed by atoms with Crippen LogP contribution in [0.3, 0.4) is 0 Å². The summed E-state index contributed by atoms with van der Waals surface area (Å²) in [4.78, 5) is 0. The summed E-state index contributed by atoms with van der Waals surface area (Å²) < 4.78 is 0. The third-order valence-electron chi connectivity index (χ3n) is 1.17. The molecule has 0 heteroatoms. The van der Waals surface area contributed by atoms with Crippen LogP contribution < -0.4 is 0 Å². The maximum atomic E-state index is 2.68. The molecule has 0 fully saturated rings. The molecule has 0 aliphatic rings. The second kappa shape index (κ2) is 55.3. The molecule has 1 rings (SSSR count). The summed E-state index contributed by atoms with van der Waals surface area (Å²) in [6.07, 6.45) is 0. The SMILES string of the molecule is C.CC.CC.CC#CC.CC#CC.c1ccccc1. The van der Waals surface area contributed by atoms with E-state index in [4.69, 9.17) is 0 Å². The Labute approximate surface area is 123 Å². The van der Waals surface area contributed by atoms with E-state index in [0.29, 0.717) is 0 Å². The number of hydrogen-bond donors (Lipinski definition) is 0. The maximum Gasteiger partial charge on any atom is -0.00271 e. The summed E-state index contributed by atoms with van der Waals surface area (Å²) in [6, 6.07) is 12.0. The molecule has 0 bridgehead atoms. The Morgan fingerprint density at radius 3 is 0.579 bits per heavy atom. The van der Waals surface area contributed by atoms with Gasteiger partial charge in [0.15, 0.2) is 0 Å². The zero-order chi connectivity index (χ0) is 15.1. The van der Waals surface area contributed by atoms with Crippen LogP contribution >= 0.6 is 0 Å². The predicted octanol–water partition coefficient (Wildman–Crippen LogP) is 6.43. The fourth-order valence-corrected chi connectivity index (χ4v) is 0.385. The topological polar surface area (TPSA) is 0 Å². The fraction of sp³-hybridized carbons (Fsp3) is 0.474. The van der Waals surface area contributed by atoms with E-state index in [-0.39, 0.29) is 7.43 Å². The Kier molecular flexibility index (Phi) is 88.5. The maximum absolute atomic E-state index is 2.68. The van der Waals surface area contributed by atoms with E-state index in [9.17, 15) is 0 Å². The van der Waals surface area contributed by atoms with Crippen molar-refractivity contribution in [2.24, 2.45) is 0 Å². The Hall–Kier alpha value is -1.66. The highest BCUT2D eigenvalue weighted by molar-refractivity contribution is 4.99. The standard InChI is InChI=1S/C6H6.2C4H6.2C2H6.CH4/c1-2-4-6-5-3-1;2*1-3-4-2;2*1-2;/h1-6H;2*1-2H3;2*1-2H3;1H4. The zero-order valence-electron chi connectivity index (χ0n) is 13.5. The lowest BCUT2D eigenvalue weighted by atomic mass is 10.4. The molecule has 1 aromatic carbocycles. The summed E-state index contributed by atoms with van der Waals surface area (Å²) >= 11 is 0. The summed E-state index contributed by atoms with van der Waals surface area (Å²) in [5.74, 6) is 10.7. The fourth-order valence-electron chi connectivity index (χ4n) is 0.385. The molecule has 0 radical (unpaired) electrons. The smallest absolute Gasteiger partial charge is 0.00271 e. The van der Waals surface area contributed by atoms with Crippen molar-refractivity contribution in [1.82, 2.24) is 0 Å². The molecule has 0 saturated carbocycles. The second-order valence-corrected chi connectivity index (χ2v) is 2.15. The average molecular weight is 262 g/mol. The molecule has 0 nitrogen and oxygen atoms in total. The van der Waals surface area contributed by atoms with Gasteiger partial charge in [-0.1, -0.05) is 71.5 Å². The van der Waals surface area contributed by atoms with E-state index in [1.54, 1.807) is 0 Å². The van der Waals surface area contributed by atoms with Gasteiger partial charge in [-0.05, 0) is 27.7 Å². The van der Waals surface area contributed by atoms with E-state index < -0.39 is 0 Å². The summed E-state index contributed by atoms with van der Waals surface area (Å²) in [5, 5.41) is 0. The van der Waals surface area contributed by atoms with Gasteiger partial charge in [-0.15, -0.1) is 23.7 Å². The monoisotopic (exact) mass is 262 g/mol. The van der Waals surface area contributed by atoms with Crippen molar-refractivity contribution >= 4 is 0 Å². The van der Waals surface area contributed by atoms with Gasteiger partial charge in [-0.3, -0.25) is 0 Å². The first-order valence-electron chi connectivity index (χ1n) is 6.50. The molecule has 0 N–H and O–H groups in total. The lowest BCUT2D eigenvalue weighted by Gasteiger charge is -1.69. The van der Waals surface area contributed by atoms with Crippen LogP contribution in [0.15, 0.2) is 36.4 Å². The molecule has 0 aliphatic heterocycles. The van der Waals surface area contributed by atoms with Gasteiger partial charge < -0.3 is 0 Å². The van der Waals surface area contributed by atoms with Gasteiger partial charge in [-0.2, -0.15) is 0 Å². The van der Waals surface area contributed by atoms with Crippen molar-refractivity contribution in [2.75, 3.05) is 0 Å². The Balaban J connectivity index is -0.0000000457. The molecule has 0 unspecified atom stereocenters. The van der Waals surface area contributed by atoms with E-state index in [0.717, 1.165) is 0 Å². The van der Waals surface area contributed by atoms with Crippen LogP contribution in [0.5, 0.6) is 0 Å². The van der Waals surface area contributed by atoms with Crippen LogP contribution in [0.4, 0.5) is 0 Å². The van der Waals surface area contributed by atoms with Crippen LogP contribution in [0.25, 0.3) is 0 Å². The minimum atomic E-state index is 0. The molecular formula is C19H34. The van der Waals surface area contributed by atoms with Crippen molar-refractivity contribution in [3.8, 4) is 23.7 Å². The molecule has 0 amide bonds. The summed E-state index contributed by atoms with van der Waals surface area (Å²) in [6.45, 7) is 15.3. The molecule has 0 saturated heterocycles. The Morgan fingerprint density at radius 2 is 0.526 bits per heavy atom. The molecular weight excluding hydrogens is 228 g/mol. The van der Waals surface area contributed by atoms with E-state index >= 15 is 0 Å². The van der Waals surface area contributed by atoms with Gasteiger partial charge in [0.2, 0.25) is 0 Å². The number of benzene rings is 1. The first-order valence-corrected chi connectivity index (χ1v) is 6.50. The third-order valence-corrected chi connectivity index (χ3v) is 1.17. The Bertz CT molecular complexity index is 231. The van der Waals surface area contributed by atoms with Crippen LogP contribution in [-0.4, -0.2) is 0 Å². The minimum absolute atomic E-state index is 0. The minimum Gasteiger partial charge on any atom is -0.107 e. The normalized spacial score (nSPS) is 4.63. The first kappa shape index (κ1) is 30.4. The molecule has 0 aromatic heterocycles. The molecule has 0 aliphatic carbocycles. The van der Waals surface area contributed by atoms with Gasteiger partial charge in [-0.25, -0.2) is 0 Å². The van der Waals surface area contributed by atoms with Crippen LogP contribution in [0.2, 0.25) is 0 Å². The van der Waals surface area contributed by atoms with Gasteiger partial charge in [0.25, 0.3) is 0 Å². The molecule has 0 spiro atoms. The number of hydrogen-bond acceptors (Lipinski definition) is 0. The van der Waals surface area contributed by atoms with E-state index in [1.165, 1.54) is 0 Å². The number of rotatable bonds is 0. The average Bonchev–Trinajstić information content (AvgIpc) is 2.53. The predicted molar refractivity (Wildman–Crippen MR) is 94.1 cm³/mol. The summed E-state index contributed by atoms with van der Waals surface area (Å²) in [7, 11) is 0. The molecule has 0 heterocycles.